The Morgan fingerprint density at radius 1 is 1.08 bits per heavy atom. The van der Waals surface area contributed by atoms with Crippen molar-refractivity contribution in [1.82, 2.24) is 9.62 Å². The number of halogens is 1. The van der Waals surface area contributed by atoms with Crippen LogP contribution in [0.25, 0.3) is 0 Å². The highest BCUT2D eigenvalue weighted by atomic mass is 32.2. The summed E-state index contributed by atoms with van der Waals surface area (Å²) in [5.41, 5.74) is 0.869. The van der Waals surface area contributed by atoms with E-state index in [1.54, 1.807) is 0 Å². The van der Waals surface area contributed by atoms with Crippen molar-refractivity contribution in [3.63, 3.8) is 0 Å². The van der Waals surface area contributed by atoms with Gasteiger partial charge in [-0.25, -0.2) is 17.5 Å². The molecule has 1 heterocycles. The van der Waals surface area contributed by atoms with Gasteiger partial charge in [0.25, 0.3) is 0 Å². The van der Waals surface area contributed by atoms with Crippen molar-refractivity contribution in [1.29, 1.82) is 0 Å². The van der Waals surface area contributed by atoms with Crippen LogP contribution in [0.15, 0.2) is 59.5 Å². The molecule has 0 saturated carbocycles. The average molecular weight is 364 g/mol. The Morgan fingerprint density at radius 2 is 1.80 bits per heavy atom. The lowest BCUT2D eigenvalue weighted by Crippen LogP contribution is -2.43. The molecule has 0 bridgehead atoms. The maximum Gasteiger partial charge on any atom is 0.241 e. The summed E-state index contributed by atoms with van der Waals surface area (Å²) in [6.45, 7) is 3.31. The number of nitrogens with zero attached hydrogens (tertiary/aromatic N) is 1. The van der Waals surface area contributed by atoms with Gasteiger partial charge in [-0.1, -0.05) is 36.4 Å². The quantitative estimate of drug-likeness (QED) is 0.854. The van der Waals surface area contributed by atoms with Crippen LogP contribution in [-0.2, 0) is 14.8 Å². The maximum atomic E-state index is 13.4. The zero-order chi connectivity index (χ0) is 17.7. The summed E-state index contributed by atoms with van der Waals surface area (Å²) in [6.07, 6.45) is 0. The van der Waals surface area contributed by atoms with E-state index >= 15 is 0 Å². The van der Waals surface area contributed by atoms with Crippen molar-refractivity contribution >= 4 is 10.0 Å². The molecule has 0 radical (unpaired) electrons. The second-order valence-corrected chi connectivity index (χ2v) is 7.67. The molecule has 3 rings (SSSR count). The Balaban J connectivity index is 1.83. The Kier molecular flexibility index (Phi) is 5.80. The second kappa shape index (κ2) is 8.05. The molecule has 1 fully saturated rings. The number of benzene rings is 2. The molecule has 2 aromatic rings. The van der Waals surface area contributed by atoms with Gasteiger partial charge in [-0.3, -0.25) is 4.90 Å². The molecule has 1 aliphatic rings. The Morgan fingerprint density at radius 3 is 2.48 bits per heavy atom. The van der Waals surface area contributed by atoms with E-state index in [2.05, 4.69) is 9.62 Å². The first-order valence-corrected chi connectivity index (χ1v) is 9.66. The highest BCUT2D eigenvalue weighted by Gasteiger charge is 2.24. The van der Waals surface area contributed by atoms with E-state index in [9.17, 15) is 12.8 Å². The molecule has 5 nitrogen and oxygen atoms in total. The van der Waals surface area contributed by atoms with Crippen molar-refractivity contribution < 1.29 is 17.5 Å². The van der Waals surface area contributed by atoms with Crippen molar-refractivity contribution in [3.8, 4) is 0 Å². The lowest BCUT2D eigenvalue weighted by atomic mass is 10.1. The van der Waals surface area contributed by atoms with Crippen molar-refractivity contribution in [2.45, 2.75) is 10.9 Å². The van der Waals surface area contributed by atoms with Gasteiger partial charge in [-0.05, 0) is 23.8 Å². The van der Waals surface area contributed by atoms with Crippen LogP contribution in [0, 0.1) is 5.82 Å². The van der Waals surface area contributed by atoms with Crippen molar-refractivity contribution in [2.75, 3.05) is 32.8 Å². The third kappa shape index (κ3) is 4.85. The third-order valence-electron chi connectivity index (χ3n) is 4.15. The summed E-state index contributed by atoms with van der Waals surface area (Å²) < 4.78 is 46.9. The van der Waals surface area contributed by atoms with Gasteiger partial charge in [0.15, 0.2) is 0 Å². The van der Waals surface area contributed by atoms with Crippen LogP contribution in [0.2, 0.25) is 0 Å². The summed E-state index contributed by atoms with van der Waals surface area (Å²) in [7, 11) is -3.83. The monoisotopic (exact) mass is 364 g/mol. The minimum atomic E-state index is -3.83. The van der Waals surface area contributed by atoms with Gasteiger partial charge in [-0.15, -0.1) is 0 Å². The number of nitrogens with one attached hydrogen (secondary N) is 1. The lowest BCUT2D eigenvalue weighted by molar-refractivity contribution is 0.0345. The van der Waals surface area contributed by atoms with E-state index in [0.29, 0.717) is 19.8 Å². The van der Waals surface area contributed by atoms with Crippen LogP contribution in [0.4, 0.5) is 4.39 Å². The molecule has 1 atom stereocenters. The molecule has 0 amide bonds. The van der Waals surface area contributed by atoms with Crippen LogP contribution in [0.3, 0.4) is 0 Å². The summed E-state index contributed by atoms with van der Waals surface area (Å²) in [6, 6.07) is 14.0. The highest BCUT2D eigenvalue weighted by molar-refractivity contribution is 7.89. The third-order valence-corrected chi connectivity index (χ3v) is 5.62. The summed E-state index contributed by atoms with van der Waals surface area (Å²) >= 11 is 0. The summed E-state index contributed by atoms with van der Waals surface area (Å²) in [5.74, 6) is -0.577. The smallest absolute Gasteiger partial charge is 0.241 e. The van der Waals surface area contributed by atoms with Gasteiger partial charge in [0.2, 0.25) is 10.0 Å². The largest absolute Gasteiger partial charge is 0.379 e. The van der Waals surface area contributed by atoms with E-state index in [1.165, 1.54) is 18.2 Å². The van der Waals surface area contributed by atoms with Gasteiger partial charge in [0.05, 0.1) is 24.2 Å². The van der Waals surface area contributed by atoms with E-state index in [-0.39, 0.29) is 4.90 Å². The predicted octanol–water partition coefficient (Wildman–Crippen LogP) is 2.18. The van der Waals surface area contributed by atoms with E-state index in [4.69, 9.17) is 4.74 Å². The molecule has 0 unspecified atom stereocenters. The second-order valence-electron chi connectivity index (χ2n) is 5.95. The number of ether oxygens (including phenoxy) is 1. The molecule has 134 valence electrons. The zero-order valence-corrected chi connectivity index (χ0v) is 14.6. The van der Waals surface area contributed by atoms with Crippen LogP contribution >= 0.6 is 0 Å². The predicted molar refractivity (Wildman–Crippen MR) is 93.2 cm³/mol. The number of rotatable bonds is 6. The van der Waals surface area contributed by atoms with Gasteiger partial charge in [0.1, 0.15) is 5.82 Å². The molecule has 7 heteroatoms. The molecular weight excluding hydrogens is 343 g/mol. The molecule has 0 spiro atoms. The van der Waals surface area contributed by atoms with Gasteiger partial charge < -0.3 is 4.74 Å². The minimum Gasteiger partial charge on any atom is -0.379 e. The van der Waals surface area contributed by atoms with Crippen LogP contribution in [-0.4, -0.2) is 46.2 Å². The molecule has 0 aliphatic carbocycles. The molecule has 2 aromatic carbocycles. The van der Waals surface area contributed by atoms with Crippen LogP contribution in [0.1, 0.15) is 11.6 Å². The van der Waals surface area contributed by atoms with E-state index in [0.717, 1.165) is 24.7 Å². The molecule has 1 aliphatic heterocycles. The van der Waals surface area contributed by atoms with Crippen LogP contribution in [0.5, 0.6) is 0 Å². The number of hydrogen-bond acceptors (Lipinski definition) is 4. The fourth-order valence-electron chi connectivity index (χ4n) is 2.83. The number of hydrogen-bond donors (Lipinski definition) is 1. The fraction of sp³-hybridized carbons (Fsp3) is 0.333. The SMILES string of the molecule is O=S(=O)(N[C@@H](CN1CCOCC1)c1ccccc1)c1cccc(F)c1. The lowest BCUT2D eigenvalue weighted by Gasteiger charge is -2.31. The van der Waals surface area contributed by atoms with Gasteiger partial charge in [0, 0.05) is 19.6 Å². The summed E-state index contributed by atoms with van der Waals surface area (Å²) in [5, 5.41) is 0. The van der Waals surface area contributed by atoms with E-state index in [1.807, 2.05) is 30.3 Å². The first-order chi connectivity index (χ1) is 12.0. The minimum absolute atomic E-state index is 0.0737. The Bertz CT molecular complexity index is 793. The average Bonchev–Trinajstić information content (AvgIpc) is 2.63. The van der Waals surface area contributed by atoms with Gasteiger partial charge in [-0.2, -0.15) is 0 Å². The normalized spacial score (nSPS) is 17.3. The Labute approximate surface area is 147 Å². The maximum absolute atomic E-state index is 13.4. The zero-order valence-electron chi connectivity index (χ0n) is 13.8. The first-order valence-electron chi connectivity index (χ1n) is 8.17. The molecule has 0 aromatic heterocycles. The van der Waals surface area contributed by atoms with Crippen molar-refractivity contribution in [2.24, 2.45) is 0 Å². The number of morpholine rings is 1. The molecule has 1 N–H and O–H groups in total. The molecule has 1 saturated heterocycles. The van der Waals surface area contributed by atoms with Crippen LogP contribution < -0.4 is 4.72 Å². The Hall–Kier alpha value is -1.80. The standard InChI is InChI=1S/C18H21FN2O3S/c19-16-7-4-8-17(13-16)25(22,23)20-18(15-5-2-1-3-6-15)14-21-9-11-24-12-10-21/h1-8,13,18,20H,9-12,14H2/t18-/m0/s1. The fourth-order valence-corrected chi connectivity index (χ4v) is 4.07. The topological polar surface area (TPSA) is 58.6 Å². The van der Waals surface area contributed by atoms with E-state index < -0.39 is 21.9 Å². The number of sulfonamides is 1. The molecule has 25 heavy (non-hydrogen) atoms. The molecular formula is C18H21FN2O3S. The summed E-state index contributed by atoms with van der Waals surface area (Å²) in [4.78, 5) is 2.09. The first kappa shape index (κ1) is 18.0. The van der Waals surface area contributed by atoms with Gasteiger partial charge >= 0.3 is 0 Å². The highest BCUT2D eigenvalue weighted by Crippen LogP contribution is 2.19. The van der Waals surface area contributed by atoms with Crippen molar-refractivity contribution in [3.05, 3.63) is 66.0 Å².